The summed E-state index contributed by atoms with van der Waals surface area (Å²) < 4.78 is 1.85. The minimum Gasteiger partial charge on any atom is -0.383 e. The first kappa shape index (κ1) is 8.99. The molecule has 0 bridgehead atoms. The maximum Gasteiger partial charge on any atom is 0.157 e. The van der Waals surface area contributed by atoms with Crippen molar-refractivity contribution in [3.63, 3.8) is 0 Å². The van der Waals surface area contributed by atoms with Gasteiger partial charge in [-0.1, -0.05) is 20.8 Å². The fourth-order valence-electron chi connectivity index (χ4n) is 1.48. The van der Waals surface area contributed by atoms with E-state index in [1.807, 2.05) is 10.6 Å². The number of nitrogens with zero attached hydrogens (tertiary/aromatic N) is 3. The number of hydrogen-bond acceptors (Lipinski definition) is 3. The van der Waals surface area contributed by atoms with Crippen LogP contribution >= 0.6 is 0 Å². The molecule has 14 heavy (non-hydrogen) atoms. The van der Waals surface area contributed by atoms with Gasteiger partial charge in [0.25, 0.3) is 0 Å². The summed E-state index contributed by atoms with van der Waals surface area (Å²) in [6.45, 7) is 6.29. The summed E-state index contributed by atoms with van der Waals surface area (Å²) in [6, 6.07) is 0. The quantitative estimate of drug-likeness (QED) is 0.686. The van der Waals surface area contributed by atoms with Crippen LogP contribution in [0.4, 0.5) is 5.82 Å². The molecule has 0 amide bonds. The molecule has 0 aliphatic rings. The van der Waals surface area contributed by atoms with Gasteiger partial charge < -0.3 is 5.73 Å². The van der Waals surface area contributed by atoms with Gasteiger partial charge >= 0.3 is 0 Å². The Balaban J connectivity index is 2.75. The molecule has 0 aliphatic carbocycles. The Bertz CT molecular complexity index is 464. The molecule has 0 spiro atoms. The molecular weight excluding hydrogens is 176 g/mol. The van der Waals surface area contributed by atoms with Crippen molar-refractivity contribution in [2.24, 2.45) is 0 Å². The number of rotatable bonds is 0. The van der Waals surface area contributed by atoms with Crippen LogP contribution in [0, 0.1) is 0 Å². The second-order valence-corrected chi connectivity index (χ2v) is 4.40. The van der Waals surface area contributed by atoms with Gasteiger partial charge in [-0.2, -0.15) is 0 Å². The molecule has 2 rings (SSSR count). The van der Waals surface area contributed by atoms with Crippen LogP contribution in [-0.4, -0.2) is 14.4 Å². The molecule has 2 aromatic heterocycles. The van der Waals surface area contributed by atoms with Crippen molar-refractivity contribution in [3.05, 3.63) is 24.3 Å². The van der Waals surface area contributed by atoms with Crippen LogP contribution in [0.2, 0.25) is 0 Å². The third-order valence-electron chi connectivity index (χ3n) is 2.18. The summed E-state index contributed by atoms with van der Waals surface area (Å²) in [5, 5.41) is 0. The molecule has 74 valence electrons. The molecule has 0 unspecified atom stereocenters. The Hall–Kier alpha value is -1.58. The van der Waals surface area contributed by atoms with Gasteiger partial charge in [0, 0.05) is 17.8 Å². The van der Waals surface area contributed by atoms with Crippen molar-refractivity contribution in [1.82, 2.24) is 14.4 Å². The van der Waals surface area contributed by atoms with Gasteiger partial charge in [-0.05, 0) is 0 Å². The van der Waals surface area contributed by atoms with E-state index in [1.54, 1.807) is 12.4 Å². The van der Waals surface area contributed by atoms with Crippen molar-refractivity contribution in [2.75, 3.05) is 5.73 Å². The number of imidazole rings is 1. The molecular formula is C10H14N4. The molecule has 2 aromatic rings. The highest BCUT2D eigenvalue weighted by Crippen LogP contribution is 2.27. The fraction of sp³-hybridized carbons (Fsp3) is 0.400. The summed E-state index contributed by atoms with van der Waals surface area (Å²) >= 11 is 0. The van der Waals surface area contributed by atoms with Gasteiger partial charge in [-0.3, -0.25) is 9.38 Å². The first-order chi connectivity index (χ1) is 6.50. The Morgan fingerprint density at radius 1 is 1.36 bits per heavy atom. The molecule has 2 N–H and O–H groups in total. The molecule has 4 nitrogen and oxygen atoms in total. The molecule has 0 saturated heterocycles. The first-order valence-electron chi connectivity index (χ1n) is 4.58. The minimum atomic E-state index is -0.0316. The maximum atomic E-state index is 6.00. The van der Waals surface area contributed by atoms with E-state index in [1.165, 1.54) is 0 Å². The van der Waals surface area contributed by atoms with Crippen LogP contribution in [0.15, 0.2) is 18.6 Å². The Kier molecular flexibility index (Phi) is 1.74. The van der Waals surface area contributed by atoms with E-state index >= 15 is 0 Å². The highest BCUT2D eigenvalue weighted by molar-refractivity contribution is 5.53. The number of nitrogen functional groups attached to an aromatic ring is 1. The predicted molar refractivity (Wildman–Crippen MR) is 56.1 cm³/mol. The fourth-order valence-corrected chi connectivity index (χ4v) is 1.48. The van der Waals surface area contributed by atoms with Crippen LogP contribution in [0.3, 0.4) is 0 Å². The Morgan fingerprint density at radius 2 is 2.07 bits per heavy atom. The number of hydrogen-bond donors (Lipinski definition) is 1. The van der Waals surface area contributed by atoms with Gasteiger partial charge in [-0.25, -0.2) is 4.98 Å². The van der Waals surface area contributed by atoms with E-state index in [4.69, 9.17) is 5.73 Å². The van der Waals surface area contributed by atoms with Crippen molar-refractivity contribution in [3.8, 4) is 0 Å². The summed E-state index contributed by atoms with van der Waals surface area (Å²) in [6.07, 6.45) is 5.25. The normalized spacial score (nSPS) is 12.2. The SMILES string of the molecule is CC(C)(C)c1nc2cnccn2c1N. The molecule has 0 atom stereocenters. The van der Waals surface area contributed by atoms with Crippen LogP contribution in [0.1, 0.15) is 26.5 Å². The number of anilines is 1. The average molecular weight is 190 g/mol. The third kappa shape index (κ3) is 1.23. The van der Waals surface area contributed by atoms with Crippen LogP contribution in [0.5, 0.6) is 0 Å². The highest BCUT2D eigenvalue weighted by Gasteiger charge is 2.21. The predicted octanol–water partition coefficient (Wildman–Crippen LogP) is 1.61. The summed E-state index contributed by atoms with van der Waals surface area (Å²) in [5.41, 5.74) is 7.69. The standard InChI is InChI=1S/C10H14N4/c1-10(2,3)8-9(11)14-5-4-12-6-7(14)13-8/h4-6H,11H2,1-3H3. The van der Waals surface area contributed by atoms with Crippen molar-refractivity contribution < 1.29 is 0 Å². The lowest BCUT2D eigenvalue weighted by Gasteiger charge is -2.15. The molecule has 0 aliphatic heterocycles. The second kappa shape index (κ2) is 2.70. The van der Waals surface area contributed by atoms with Gasteiger partial charge in [0.05, 0.1) is 11.9 Å². The maximum absolute atomic E-state index is 6.00. The number of fused-ring (bicyclic) bond motifs is 1. The summed E-state index contributed by atoms with van der Waals surface area (Å²) in [7, 11) is 0. The molecule has 0 saturated carbocycles. The minimum absolute atomic E-state index is 0.0316. The highest BCUT2D eigenvalue weighted by atomic mass is 15.1. The first-order valence-corrected chi connectivity index (χ1v) is 4.58. The topological polar surface area (TPSA) is 56.2 Å². The summed E-state index contributed by atoms with van der Waals surface area (Å²) in [5.74, 6) is 0.704. The number of nitrogens with two attached hydrogens (primary N) is 1. The zero-order chi connectivity index (χ0) is 10.3. The lowest BCUT2D eigenvalue weighted by Crippen LogP contribution is -2.14. The van der Waals surface area contributed by atoms with Crippen LogP contribution in [0.25, 0.3) is 5.65 Å². The largest absolute Gasteiger partial charge is 0.383 e. The zero-order valence-electron chi connectivity index (χ0n) is 8.65. The van der Waals surface area contributed by atoms with Crippen LogP contribution in [-0.2, 0) is 5.41 Å². The van der Waals surface area contributed by atoms with Crippen molar-refractivity contribution in [2.45, 2.75) is 26.2 Å². The lowest BCUT2D eigenvalue weighted by molar-refractivity contribution is 0.576. The molecule has 0 radical (unpaired) electrons. The van der Waals surface area contributed by atoms with Gasteiger partial charge in [0.1, 0.15) is 5.82 Å². The van der Waals surface area contributed by atoms with Crippen LogP contribution < -0.4 is 5.73 Å². The second-order valence-electron chi connectivity index (χ2n) is 4.40. The van der Waals surface area contributed by atoms with E-state index in [-0.39, 0.29) is 5.41 Å². The van der Waals surface area contributed by atoms with E-state index < -0.39 is 0 Å². The molecule has 2 heterocycles. The molecule has 4 heteroatoms. The Morgan fingerprint density at radius 3 is 2.64 bits per heavy atom. The van der Waals surface area contributed by atoms with Gasteiger partial charge in [0.15, 0.2) is 5.65 Å². The Labute approximate surface area is 82.8 Å². The molecule has 0 aromatic carbocycles. The van der Waals surface area contributed by atoms with E-state index in [0.29, 0.717) is 5.82 Å². The van der Waals surface area contributed by atoms with E-state index in [2.05, 4.69) is 30.7 Å². The number of aromatic nitrogens is 3. The summed E-state index contributed by atoms with van der Waals surface area (Å²) in [4.78, 5) is 8.47. The lowest BCUT2D eigenvalue weighted by atomic mass is 9.92. The average Bonchev–Trinajstić information content (AvgIpc) is 2.44. The monoisotopic (exact) mass is 190 g/mol. The zero-order valence-corrected chi connectivity index (χ0v) is 8.65. The van der Waals surface area contributed by atoms with Gasteiger partial charge in [-0.15, -0.1) is 0 Å². The molecule has 0 fully saturated rings. The smallest absolute Gasteiger partial charge is 0.157 e. The van der Waals surface area contributed by atoms with Gasteiger partial charge in [0.2, 0.25) is 0 Å². The van der Waals surface area contributed by atoms with E-state index in [0.717, 1.165) is 11.3 Å². The van der Waals surface area contributed by atoms with Crippen molar-refractivity contribution in [1.29, 1.82) is 0 Å². The van der Waals surface area contributed by atoms with E-state index in [9.17, 15) is 0 Å². The third-order valence-corrected chi connectivity index (χ3v) is 2.18. The van der Waals surface area contributed by atoms with Crippen molar-refractivity contribution >= 4 is 11.5 Å².